The van der Waals surface area contributed by atoms with Crippen molar-refractivity contribution < 1.29 is 13.9 Å². The maximum Gasteiger partial charge on any atom is 0.330 e. The van der Waals surface area contributed by atoms with Gasteiger partial charge >= 0.3 is 5.97 Å². The second-order valence-corrected chi connectivity index (χ2v) is 5.34. The second kappa shape index (κ2) is 6.08. The maximum atomic E-state index is 13.3. The summed E-state index contributed by atoms with van der Waals surface area (Å²) >= 11 is 5.85. The number of hydrogen-bond donors (Lipinski definition) is 1. The lowest BCUT2D eigenvalue weighted by Crippen LogP contribution is -2.57. The summed E-state index contributed by atoms with van der Waals surface area (Å²) in [6, 6.07) is 4.36. The number of hydrogen-bond acceptors (Lipinski definition) is 4. The van der Waals surface area contributed by atoms with Crippen molar-refractivity contribution in [3.8, 4) is 0 Å². The molecule has 1 aromatic rings. The minimum atomic E-state index is -0.964. The monoisotopic (exact) mass is 300 g/mol. The Labute approximate surface area is 122 Å². The third-order valence-electron chi connectivity index (χ3n) is 3.81. The molecule has 1 N–H and O–H groups in total. The Kier molecular flexibility index (Phi) is 4.62. The van der Waals surface area contributed by atoms with Gasteiger partial charge in [-0.05, 0) is 24.6 Å². The third kappa shape index (κ3) is 2.66. The van der Waals surface area contributed by atoms with Crippen LogP contribution in [0, 0.1) is 5.82 Å². The van der Waals surface area contributed by atoms with E-state index in [0.717, 1.165) is 13.1 Å². The molecule has 1 aliphatic heterocycles. The van der Waals surface area contributed by atoms with Gasteiger partial charge in [0, 0.05) is 26.2 Å². The van der Waals surface area contributed by atoms with Crippen LogP contribution < -0.4 is 5.32 Å². The highest BCUT2D eigenvalue weighted by Crippen LogP contribution is 2.32. The van der Waals surface area contributed by atoms with Crippen LogP contribution in [-0.2, 0) is 15.1 Å². The van der Waals surface area contributed by atoms with Gasteiger partial charge in [0.2, 0.25) is 0 Å². The van der Waals surface area contributed by atoms with Crippen molar-refractivity contribution in [2.75, 3.05) is 33.3 Å². The summed E-state index contributed by atoms with van der Waals surface area (Å²) in [5, 5.41) is 3.24. The first kappa shape index (κ1) is 15.2. The van der Waals surface area contributed by atoms with Crippen LogP contribution in [0.2, 0.25) is 5.02 Å². The van der Waals surface area contributed by atoms with E-state index < -0.39 is 11.4 Å². The van der Waals surface area contributed by atoms with Crippen molar-refractivity contribution in [2.24, 2.45) is 0 Å². The van der Waals surface area contributed by atoms with E-state index in [9.17, 15) is 9.18 Å². The molecule has 0 aliphatic carbocycles. The first-order valence-corrected chi connectivity index (χ1v) is 6.87. The van der Waals surface area contributed by atoms with E-state index >= 15 is 0 Å². The average molecular weight is 301 g/mol. The topological polar surface area (TPSA) is 41.6 Å². The fraction of sp³-hybridized carbons (Fsp3) is 0.500. The Hall–Kier alpha value is -1.17. The molecule has 0 radical (unpaired) electrons. The highest BCUT2D eigenvalue weighted by atomic mass is 35.5. The van der Waals surface area contributed by atoms with Crippen LogP contribution in [0.3, 0.4) is 0 Å². The van der Waals surface area contributed by atoms with Crippen molar-refractivity contribution >= 4 is 17.6 Å². The molecule has 1 atom stereocenters. The van der Waals surface area contributed by atoms with Crippen LogP contribution in [-0.4, -0.2) is 44.2 Å². The molecule has 1 aromatic carbocycles. The number of piperazine rings is 1. The lowest BCUT2D eigenvalue weighted by Gasteiger charge is -2.41. The summed E-state index contributed by atoms with van der Waals surface area (Å²) in [4.78, 5) is 14.3. The highest BCUT2D eigenvalue weighted by molar-refractivity contribution is 6.30. The lowest BCUT2D eigenvalue weighted by molar-refractivity contribution is -0.155. The zero-order chi connectivity index (χ0) is 14.8. The second-order valence-electron chi connectivity index (χ2n) is 4.93. The van der Waals surface area contributed by atoms with Crippen molar-refractivity contribution in [3.05, 3.63) is 34.6 Å². The minimum Gasteiger partial charge on any atom is -0.467 e. The standard InChI is InChI=1S/C14H18ClFN2O2/c1-14(13(19)20-2,18-7-5-17-6-8-18)10-3-4-12(16)11(15)9-10/h3-4,9,17H,5-8H2,1-2H3. The number of methoxy groups -OCH3 is 1. The summed E-state index contributed by atoms with van der Waals surface area (Å²) in [5.74, 6) is -0.870. The molecule has 1 heterocycles. The van der Waals surface area contributed by atoms with Gasteiger partial charge in [-0.1, -0.05) is 17.7 Å². The minimum absolute atomic E-state index is 0.00719. The van der Waals surface area contributed by atoms with E-state index in [-0.39, 0.29) is 11.0 Å². The molecule has 4 nitrogen and oxygen atoms in total. The van der Waals surface area contributed by atoms with Crippen LogP contribution in [0.1, 0.15) is 12.5 Å². The van der Waals surface area contributed by atoms with E-state index in [4.69, 9.17) is 16.3 Å². The first-order valence-electron chi connectivity index (χ1n) is 6.50. The number of esters is 1. The fourth-order valence-corrected chi connectivity index (χ4v) is 2.72. The van der Waals surface area contributed by atoms with E-state index in [2.05, 4.69) is 5.32 Å². The first-order chi connectivity index (χ1) is 9.50. The van der Waals surface area contributed by atoms with Gasteiger partial charge in [-0.25, -0.2) is 9.18 Å². The number of halogens is 2. The van der Waals surface area contributed by atoms with Crippen LogP contribution in [0.5, 0.6) is 0 Å². The number of carbonyl (C=O) groups excluding carboxylic acids is 1. The predicted molar refractivity (Wildman–Crippen MR) is 75.2 cm³/mol. The number of nitrogens with one attached hydrogen (secondary N) is 1. The van der Waals surface area contributed by atoms with Gasteiger partial charge in [0.05, 0.1) is 12.1 Å². The zero-order valence-electron chi connectivity index (χ0n) is 11.6. The molecule has 0 aromatic heterocycles. The molecule has 0 amide bonds. The molecule has 1 saturated heterocycles. The number of benzene rings is 1. The van der Waals surface area contributed by atoms with Gasteiger partial charge in [-0.2, -0.15) is 0 Å². The molecule has 110 valence electrons. The van der Waals surface area contributed by atoms with Crippen molar-refractivity contribution in [2.45, 2.75) is 12.5 Å². The fourth-order valence-electron chi connectivity index (χ4n) is 2.54. The van der Waals surface area contributed by atoms with E-state index in [1.807, 2.05) is 4.90 Å². The van der Waals surface area contributed by atoms with E-state index in [0.29, 0.717) is 18.7 Å². The number of nitrogens with zero attached hydrogens (tertiary/aromatic N) is 1. The molecule has 1 unspecified atom stereocenters. The molecule has 0 spiro atoms. The smallest absolute Gasteiger partial charge is 0.330 e. The van der Waals surface area contributed by atoms with Crippen LogP contribution in [0.15, 0.2) is 18.2 Å². The maximum absolute atomic E-state index is 13.3. The van der Waals surface area contributed by atoms with Crippen molar-refractivity contribution in [1.82, 2.24) is 10.2 Å². The lowest BCUT2D eigenvalue weighted by atomic mass is 9.89. The normalized spacial score (nSPS) is 19.4. The van der Waals surface area contributed by atoms with Gasteiger partial charge < -0.3 is 10.1 Å². The Morgan fingerprint density at radius 3 is 2.65 bits per heavy atom. The van der Waals surface area contributed by atoms with Crippen LogP contribution in [0.4, 0.5) is 4.39 Å². The largest absolute Gasteiger partial charge is 0.467 e. The average Bonchev–Trinajstić information content (AvgIpc) is 2.49. The predicted octanol–water partition coefficient (Wildman–Crippen LogP) is 1.77. The molecule has 0 saturated carbocycles. The molecule has 2 rings (SSSR count). The molecule has 1 fully saturated rings. The van der Waals surface area contributed by atoms with Gasteiger partial charge in [0.1, 0.15) is 11.4 Å². The number of rotatable bonds is 3. The number of carbonyl (C=O) groups is 1. The molecule has 1 aliphatic rings. The van der Waals surface area contributed by atoms with Gasteiger partial charge in [0.25, 0.3) is 0 Å². The van der Waals surface area contributed by atoms with Crippen molar-refractivity contribution in [3.63, 3.8) is 0 Å². The van der Waals surface area contributed by atoms with Crippen LogP contribution >= 0.6 is 11.6 Å². The summed E-state index contributed by atoms with van der Waals surface area (Å²) in [6.07, 6.45) is 0. The Morgan fingerprint density at radius 2 is 2.10 bits per heavy atom. The molecule has 20 heavy (non-hydrogen) atoms. The summed E-state index contributed by atoms with van der Waals surface area (Å²) < 4.78 is 18.3. The Bertz CT molecular complexity index is 506. The zero-order valence-corrected chi connectivity index (χ0v) is 12.3. The molecular formula is C14H18ClFN2O2. The summed E-state index contributed by atoms with van der Waals surface area (Å²) in [6.45, 7) is 4.79. The number of ether oxygens (including phenoxy) is 1. The van der Waals surface area contributed by atoms with Gasteiger partial charge in [-0.15, -0.1) is 0 Å². The molecular weight excluding hydrogens is 283 g/mol. The quantitative estimate of drug-likeness (QED) is 0.864. The van der Waals surface area contributed by atoms with Gasteiger partial charge in [0.15, 0.2) is 0 Å². The SMILES string of the molecule is COC(=O)C(C)(c1ccc(F)c(Cl)c1)N1CCNCC1. The molecule has 0 bridgehead atoms. The Balaban J connectivity index is 2.44. The molecule has 6 heteroatoms. The highest BCUT2D eigenvalue weighted by Gasteiger charge is 2.43. The van der Waals surface area contributed by atoms with E-state index in [1.54, 1.807) is 13.0 Å². The Morgan fingerprint density at radius 1 is 1.45 bits per heavy atom. The summed E-state index contributed by atoms with van der Waals surface area (Å²) in [5.41, 5.74) is -0.327. The van der Waals surface area contributed by atoms with Crippen molar-refractivity contribution in [1.29, 1.82) is 0 Å². The van der Waals surface area contributed by atoms with Gasteiger partial charge in [-0.3, -0.25) is 4.90 Å². The van der Waals surface area contributed by atoms with E-state index in [1.165, 1.54) is 19.2 Å². The third-order valence-corrected chi connectivity index (χ3v) is 4.10. The summed E-state index contributed by atoms with van der Waals surface area (Å²) in [7, 11) is 1.36. The van der Waals surface area contributed by atoms with Crippen LogP contribution in [0.25, 0.3) is 0 Å².